The molecule has 4 rings (SSSR count). The molecule has 1 amide bonds. The second kappa shape index (κ2) is 7.08. The summed E-state index contributed by atoms with van der Waals surface area (Å²) in [7, 11) is 0. The van der Waals surface area contributed by atoms with Gasteiger partial charge < -0.3 is 5.32 Å². The molecule has 2 aromatic carbocycles. The van der Waals surface area contributed by atoms with Crippen molar-refractivity contribution in [3.05, 3.63) is 59.2 Å². The Balaban J connectivity index is 1.43. The van der Waals surface area contributed by atoms with Crippen LogP contribution in [0.25, 0.3) is 0 Å². The maximum absolute atomic E-state index is 12.8. The number of piperidine rings is 1. The van der Waals surface area contributed by atoms with E-state index >= 15 is 0 Å². The zero-order valence-corrected chi connectivity index (χ0v) is 15.7. The number of rotatable bonds is 3. The van der Waals surface area contributed by atoms with E-state index in [1.165, 1.54) is 5.56 Å². The van der Waals surface area contributed by atoms with Gasteiger partial charge in [0.05, 0.1) is 18.2 Å². The average molecular weight is 361 g/mol. The number of para-hydroxylation sites is 1. The first kappa shape index (κ1) is 17.6. The van der Waals surface area contributed by atoms with Crippen molar-refractivity contribution in [2.45, 2.75) is 20.3 Å². The Kier molecular flexibility index (Phi) is 4.62. The summed E-state index contributed by atoms with van der Waals surface area (Å²) in [5.74, 6) is -0.163. The number of anilines is 1. The first-order chi connectivity index (χ1) is 13.0. The van der Waals surface area contributed by atoms with Crippen LogP contribution in [0.2, 0.25) is 0 Å². The van der Waals surface area contributed by atoms with E-state index in [1.807, 2.05) is 55.1 Å². The molecule has 2 heterocycles. The third-order valence-electron chi connectivity index (χ3n) is 5.30. The van der Waals surface area contributed by atoms with Gasteiger partial charge in [-0.15, -0.1) is 0 Å². The number of aryl methyl sites for hydroxylation is 2. The first-order valence-electron chi connectivity index (χ1n) is 9.31. The van der Waals surface area contributed by atoms with Gasteiger partial charge in [0.1, 0.15) is 0 Å². The van der Waals surface area contributed by atoms with Gasteiger partial charge in [-0.2, -0.15) is 0 Å². The number of Topliss-reactive ketones (excluding diaryl/α,β-unsaturated/α-hetero) is 1. The number of ketones is 1. The number of aliphatic imine (C=N–C) groups is 1. The van der Waals surface area contributed by atoms with Gasteiger partial charge in [0.15, 0.2) is 5.78 Å². The fourth-order valence-electron chi connectivity index (χ4n) is 3.88. The Morgan fingerprint density at radius 2 is 2.04 bits per heavy atom. The third-order valence-corrected chi connectivity index (χ3v) is 5.30. The first-order valence-corrected chi connectivity index (χ1v) is 9.31. The maximum atomic E-state index is 12.8. The molecule has 5 heteroatoms. The summed E-state index contributed by atoms with van der Waals surface area (Å²) in [6.45, 7) is 5.60. The molecule has 0 aromatic heterocycles. The number of hydrogen-bond donors (Lipinski definition) is 1. The van der Waals surface area contributed by atoms with E-state index in [2.05, 4.69) is 16.4 Å². The standard InChI is InChI=1S/C22H23N3O2/c1-14-7-8-18(15(2)11-14)24-21(26)13-25-10-9-20-17(12-25)22(27)16-5-3-4-6-19(16)23-20/h3-8,11,17H,9-10,12-13H2,1-2H3,(H,24,26). The van der Waals surface area contributed by atoms with E-state index in [-0.39, 0.29) is 24.2 Å². The van der Waals surface area contributed by atoms with E-state index in [0.717, 1.165) is 35.6 Å². The van der Waals surface area contributed by atoms with Gasteiger partial charge in [0, 0.05) is 30.1 Å². The lowest BCUT2D eigenvalue weighted by atomic mass is 9.85. The molecule has 0 saturated carbocycles. The third kappa shape index (κ3) is 3.55. The predicted octanol–water partition coefficient (Wildman–Crippen LogP) is 3.53. The van der Waals surface area contributed by atoms with Crippen LogP contribution in [-0.2, 0) is 4.79 Å². The van der Waals surface area contributed by atoms with E-state index in [0.29, 0.717) is 12.1 Å². The van der Waals surface area contributed by atoms with E-state index in [9.17, 15) is 9.59 Å². The number of carbonyl (C=O) groups is 2. The van der Waals surface area contributed by atoms with Crippen molar-refractivity contribution < 1.29 is 9.59 Å². The second-order valence-electron chi connectivity index (χ2n) is 7.39. The topological polar surface area (TPSA) is 61.8 Å². The molecule has 2 aliphatic heterocycles. The van der Waals surface area contributed by atoms with Crippen molar-refractivity contribution in [2.75, 3.05) is 25.0 Å². The van der Waals surface area contributed by atoms with Crippen LogP contribution in [0.1, 0.15) is 27.9 Å². The number of carbonyl (C=O) groups excluding carboxylic acids is 2. The molecule has 1 N–H and O–H groups in total. The van der Waals surface area contributed by atoms with Gasteiger partial charge in [-0.3, -0.25) is 19.5 Å². The summed E-state index contributed by atoms with van der Waals surface area (Å²) >= 11 is 0. The van der Waals surface area contributed by atoms with Crippen LogP contribution in [0.5, 0.6) is 0 Å². The highest BCUT2D eigenvalue weighted by Crippen LogP contribution is 2.31. The van der Waals surface area contributed by atoms with Crippen molar-refractivity contribution in [1.82, 2.24) is 4.90 Å². The molecule has 1 fully saturated rings. The molecule has 5 nitrogen and oxygen atoms in total. The Bertz CT molecular complexity index is 948. The molecule has 27 heavy (non-hydrogen) atoms. The summed E-state index contributed by atoms with van der Waals surface area (Å²) in [5.41, 5.74) is 5.47. The highest BCUT2D eigenvalue weighted by atomic mass is 16.2. The number of benzene rings is 2. The highest BCUT2D eigenvalue weighted by Gasteiger charge is 2.36. The van der Waals surface area contributed by atoms with Crippen LogP contribution in [0.4, 0.5) is 11.4 Å². The van der Waals surface area contributed by atoms with Crippen LogP contribution >= 0.6 is 0 Å². The highest BCUT2D eigenvalue weighted by molar-refractivity contribution is 6.18. The number of nitrogens with zero attached hydrogens (tertiary/aromatic N) is 2. The molecule has 2 aromatic rings. The fourth-order valence-corrected chi connectivity index (χ4v) is 3.88. The minimum atomic E-state index is -0.234. The van der Waals surface area contributed by atoms with Gasteiger partial charge in [-0.1, -0.05) is 29.8 Å². The molecule has 0 spiro atoms. The van der Waals surface area contributed by atoms with Gasteiger partial charge in [-0.05, 0) is 44.0 Å². The zero-order chi connectivity index (χ0) is 19.0. The molecule has 138 valence electrons. The van der Waals surface area contributed by atoms with Gasteiger partial charge in [0.2, 0.25) is 5.91 Å². The molecule has 2 aliphatic rings. The van der Waals surface area contributed by atoms with Crippen LogP contribution < -0.4 is 5.32 Å². The average Bonchev–Trinajstić information content (AvgIpc) is 2.65. The second-order valence-corrected chi connectivity index (χ2v) is 7.39. The fraction of sp³-hybridized carbons (Fsp3) is 0.318. The van der Waals surface area contributed by atoms with Crippen molar-refractivity contribution in [3.8, 4) is 0 Å². The summed E-state index contributed by atoms with van der Waals surface area (Å²) in [5, 5.41) is 2.99. The van der Waals surface area contributed by atoms with Crippen LogP contribution in [0.3, 0.4) is 0 Å². The van der Waals surface area contributed by atoms with Gasteiger partial charge in [-0.25, -0.2) is 0 Å². The lowest BCUT2D eigenvalue weighted by molar-refractivity contribution is -0.117. The molecule has 0 radical (unpaired) electrons. The zero-order valence-electron chi connectivity index (χ0n) is 15.7. The van der Waals surface area contributed by atoms with E-state index in [4.69, 9.17) is 0 Å². The van der Waals surface area contributed by atoms with Crippen molar-refractivity contribution in [1.29, 1.82) is 0 Å². The van der Waals surface area contributed by atoms with Crippen LogP contribution in [-0.4, -0.2) is 41.9 Å². The maximum Gasteiger partial charge on any atom is 0.238 e. The predicted molar refractivity (Wildman–Crippen MR) is 107 cm³/mol. The molecular weight excluding hydrogens is 338 g/mol. The number of fused-ring (bicyclic) bond motifs is 2. The SMILES string of the molecule is Cc1ccc(NC(=O)CN2CCC3=Nc4ccccc4C(=O)C3C2)c(C)c1. The molecule has 1 atom stereocenters. The molecule has 1 unspecified atom stereocenters. The van der Waals surface area contributed by atoms with Crippen molar-refractivity contribution >= 4 is 28.8 Å². The largest absolute Gasteiger partial charge is 0.325 e. The minimum Gasteiger partial charge on any atom is -0.325 e. The number of hydrogen-bond acceptors (Lipinski definition) is 4. The van der Waals surface area contributed by atoms with E-state index in [1.54, 1.807) is 0 Å². The van der Waals surface area contributed by atoms with Gasteiger partial charge >= 0.3 is 0 Å². The summed E-state index contributed by atoms with van der Waals surface area (Å²) in [6.07, 6.45) is 0.724. The number of nitrogens with one attached hydrogen (secondary N) is 1. The normalized spacial score (nSPS) is 19.1. The summed E-state index contributed by atoms with van der Waals surface area (Å²) < 4.78 is 0. The molecule has 0 bridgehead atoms. The number of amides is 1. The summed E-state index contributed by atoms with van der Waals surface area (Å²) in [4.78, 5) is 32.1. The Morgan fingerprint density at radius 1 is 1.22 bits per heavy atom. The van der Waals surface area contributed by atoms with Crippen molar-refractivity contribution in [3.63, 3.8) is 0 Å². The Hall–Kier alpha value is -2.79. The smallest absolute Gasteiger partial charge is 0.238 e. The molecular formula is C22H23N3O2. The Labute approximate surface area is 159 Å². The monoisotopic (exact) mass is 361 g/mol. The quantitative estimate of drug-likeness (QED) is 0.910. The minimum absolute atomic E-state index is 0.0500. The van der Waals surface area contributed by atoms with Crippen LogP contribution in [0.15, 0.2) is 47.5 Å². The Morgan fingerprint density at radius 3 is 2.85 bits per heavy atom. The van der Waals surface area contributed by atoms with Gasteiger partial charge in [0.25, 0.3) is 0 Å². The lowest BCUT2D eigenvalue weighted by Gasteiger charge is -2.34. The molecule has 0 aliphatic carbocycles. The number of likely N-dealkylation sites (tertiary alicyclic amines) is 1. The summed E-state index contributed by atoms with van der Waals surface area (Å²) in [6, 6.07) is 13.5. The lowest BCUT2D eigenvalue weighted by Crippen LogP contribution is -2.47. The van der Waals surface area contributed by atoms with E-state index < -0.39 is 0 Å². The molecule has 1 saturated heterocycles. The van der Waals surface area contributed by atoms with Crippen LogP contribution in [0, 0.1) is 19.8 Å². The van der Waals surface area contributed by atoms with Crippen molar-refractivity contribution in [2.24, 2.45) is 10.9 Å².